The summed E-state index contributed by atoms with van der Waals surface area (Å²) in [6, 6.07) is 0. The molecule has 0 N–H and O–H groups in total. The summed E-state index contributed by atoms with van der Waals surface area (Å²) in [5, 5.41) is 0. The van der Waals surface area contributed by atoms with Crippen molar-refractivity contribution < 1.29 is 9.47 Å². The van der Waals surface area contributed by atoms with Crippen LogP contribution in [-0.2, 0) is 9.47 Å². The van der Waals surface area contributed by atoms with Gasteiger partial charge in [0.15, 0.2) is 6.29 Å². The minimum Gasteiger partial charge on any atom is -0.350 e. The molecule has 2 nitrogen and oxygen atoms in total. The molecular formula is C7H14O2S. The van der Waals surface area contributed by atoms with E-state index in [9.17, 15) is 0 Å². The Hall–Kier alpha value is 0.270. The maximum absolute atomic E-state index is 5.43. The Kier molecular flexibility index (Phi) is 3.52. The summed E-state index contributed by atoms with van der Waals surface area (Å²) in [7, 11) is 0. The van der Waals surface area contributed by atoms with Gasteiger partial charge in [-0.1, -0.05) is 0 Å². The average molecular weight is 162 g/mol. The van der Waals surface area contributed by atoms with Gasteiger partial charge in [-0.05, 0) is 18.9 Å². The van der Waals surface area contributed by atoms with Gasteiger partial charge < -0.3 is 9.47 Å². The minimum atomic E-state index is 0.0717. The van der Waals surface area contributed by atoms with E-state index in [2.05, 4.69) is 6.26 Å². The van der Waals surface area contributed by atoms with E-state index in [0.29, 0.717) is 6.10 Å². The molecule has 0 spiro atoms. The molecule has 60 valence electrons. The third kappa shape index (κ3) is 2.48. The van der Waals surface area contributed by atoms with E-state index >= 15 is 0 Å². The number of ether oxygens (including phenoxy) is 2. The van der Waals surface area contributed by atoms with Gasteiger partial charge in [-0.15, -0.1) is 0 Å². The van der Waals surface area contributed by atoms with Crippen molar-refractivity contribution >= 4 is 11.8 Å². The molecule has 0 aromatic rings. The monoisotopic (exact) mass is 162 g/mol. The second kappa shape index (κ2) is 4.21. The lowest BCUT2D eigenvalue weighted by Crippen LogP contribution is -2.09. The largest absolute Gasteiger partial charge is 0.350 e. The zero-order valence-electron chi connectivity index (χ0n) is 6.50. The van der Waals surface area contributed by atoms with Crippen LogP contribution in [-0.4, -0.2) is 31.0 Å². The molecule has 0 radical (unpaired) electrons. The topological polar surface area (TPSA) is 18.5 Å². The lowest BCUT2D eigenvalue weighted by atomic mass is 10.4. The van der Waals surface area contributed by atoms with Crippen molar-refractivity contribution in [1.29, 1.82) is 0 Å². The van der Waals surface area contributed by atoms with Gasteiger partial charge >= 0.3 is 0 Å². The molecule has 0 aromatic heterocycles. The van der Waals surface area contributed by atoms with Crippen LogP contribution in [0.5, 0.6) is 0 Å². The van der Waals surface area contributed by atoms with Crippen molar-refractivity contribution in [2.45, 2.75) is 25.7 Å². The van der Waals surface area contributed by atoms with E-state index < -0.39 is 0 Å². The first-order valence-electron chi connectivity index (χ1n) is 3.59. The Morgan fingerprint density at radius 1 is 1.60 bits per heavy atom. The number of thioether (sulfide) groups is 1. The van der Waals surface area contributed by atoms with E-state index in [1.807, 2.05) is 18.7 Å². The summed E-state index contributed by atoms with van der Waals surface area (Å²) in [6.07, 6.45) is 3.48. The lowest BCUT2D eigenvalue weighted by Gasteiger charge is -2.07. The van der Waals surface area contributed by atoms with E-state index in [-0.39, 0.29) is 6.29 Å². The first kappa shape index (κ1) is 8.37. The summed E-state index contributed by atoms with van der Waals surface area (Å²) in [5.74, 6) is 1.12. The molecule has 1 heterocycles. The minimum absolute atomic E-state index is 0.0717. The second-order valence-corrected chi connectivity index (χ2v) is 3.48. The lowest BCUT2D eigenvalue weighted by molar-refractivity contribution is -0.0549. The fourth-order valence-corrected chi connectivity index (χ4v) is 1.37. The average Bonchev–Trinajstić information content (AvgIpc) is 2.31. The van der Waals surface area contributed by atoms with Gasteiger partial charge in [-0.25, -0.2) is 0 Å². The highest BCUT2D eigenvalue weighted by Crippen LogP contribution is 2.15. The first-order chi connectivity index (χ1) is 4.83. The first-order valence-corrected chi connectivity index (χ1v) is 4.98. The van der Waals surface area contributed by atoms with Gasteiger partial charge in [0, 0.05) is 6.42 Å². The Morgan fingerprint density at radius 2 is 2.40 bits per heavy atom. The smallest absolute Gasteiger partial charge is 0.158 e. The van der Waals surface area contributed by atoms with Crippen molar-refractivity contribution in [2.75, 3.05) is 18.6 Å². The highest BCUT2D eigenvalue weighted by molar-refractivity contribution is 7.98. The van der Waals surface area contributed by atoms with Crippen molar-refractivity contribution in [3.63, 3.8) is 0 Å². The van der Waals surface area contributed by atoms with Crippen LogP contribution in [0.2, 0.25) is 0 Å². The third-order valence-electron chi connectivity index (χ3n) is 1.46. The number of rotatable bonds is 3. The van der Waals surface area contributed by atoms with Crippen LogP contribution in [0.1, 0.15) is 13.3 Å². The van der Waals surface area contributed by atoms with Gasteiger partial charge in [0.05, 0.1) is 12.7 Å². The molecular weight excluding hydrogens is 148 g/mol. The molecule has 0 aliphatic carbocycles. The quantitative estimate of drug-likeness (QED) is 0.626. The van der Waals surface area contributed by atoms with Gasteiger partial charge in [-0.3, -0.25) is 0 Å². The van der Waals surface area contributed by atoms with Crippen LogP contribution >= 0.6 is 11.8 Å². The van der Waals surface area contributed by atoms with Gasteiger partial charge in [0.2, 0.25) is 0 Å². The standard InChI is InChI=1S/C7H14O2S/c1-6-5-8-7(9-6)3-4-10-2/h6-7H,3-5H2,1-2H3/t6-,7-/m1/s1. The van der Waals surface area contributed by atoms with Crippen molar-refractivity contribution in [1.82, 2.24) is 0 Å². The van der Waals surface area contributed by atoms with Gasteiger partial charge in [0.1, 0.15) is 0 Å². The molecule has 10 heavy (non-hydrogen) atoms. The van der Waals surface area contributed by atoms with E-state index in [1.54, 1.807) is 0 Å². The van der Waals surface area contributed by atoms with Crippen LogP contribution in [0.25, 0.3) is 0 Å². The van der Waals surface area contributed by atoms with E-state index in [4.69, 9.17) is 9.47 Å². The Bertz CT molecular complexity index is 97.6. The maximum atomic E-state index is 5.43. The van der Waals surface area contributed by atoms with Crippen LogP contribution in [0.3, 0.4) is 0 Å². The number of hydrogen-bond donors (Lipinski definition) is 0. The molecule has 0 unspecified atom stereocenters. The molecule has 3 heteroatoms. The van der Waals surface area contributed by atoms with Crippen molar-refractivity contribution in [3.8, 4) is 0 Å². The zero-order valence-corrected chi connectivity index (χ0v) is 7.32. The third-order valence-corrected chi connectivity index (χ3v) is 2.10. The summed E-state index contributed by atoms with van der Waals surface area (Å²) in [5.41, 5.74) is 0. The molecule has 0 bridgehead atoms. The molecule has 1 rings (SSSR count). The maximum Gasteiger partial charge on any atom is 0.158 e. The van der Waals surface area contributed by atoms with E-state index in [0.717, 1.165) is 18.8 Å². The van der Waals surface area contributed by atoms with Crippen molar-refractivity contribution in [3.05, 3.63) is 0 Å². The highest BCUT2D eigenvalue weighted by atomic mass is 32.2. The van der Waals surface area contributed by atoms with Crippen LogP contribution < -0.4 is 0 Å². The van der Waals surface area contributed by atoms with Crippen LogP contribution in [0.4, 0.5) is 0 Å². The molecule has 0 amide bonds. The Morgan fingerprint density at radius 3 is 2.90 bits per heavy atom. The molecule has 1 saturated heterocycles. The summed E-state index contributed by atoms with van der Waals surface area (Å²) < 4.78 is 10.8. The van der Waals surface area contributed by atoms with Gasteiger partial charge in [-0.2, -0.15) is 11.8 Å². The summed E-state index contributed by atoms with van der Waals surface area (Å²) in [6.45, 7) is 2.80. The predicted molar refractivity (Wildman–Crippen MR) is 43.3 cm³/mol. The Balaban J connectivity index is 2.06. The number of hydrogen-bond acceptors (Lipinski definition) is 3. The Labute approximate surface area is 66.3 Å². The zero-order chi connectivity index (χ0) is 7.40. The predicted octanol–water partition coefficient (Wildman–Crippen LogP) is 1.50. The van der Waals surface area contributed by atoms with Gasteiger partial charge in [0.25, 0.3) is 0 Å². The molecule has 1 fully saturated rings. The SMILES string of the molecule is CSCC[C@@H]1OC[C@@H](C)O1. The van der Waals surface area contributed by atoms with E-state index in [1.165, 1.54) is 0 Å². The summed E-state index contributed by atoms with van der Waals surface area (Å²) >= 11 is 1.83. The van der Waals surface area contributed by atoms with Crippen LogP contribution in [0.15, 0.2) is 0 Å². The van der Waals surface area contributed by atoms with Crippen LogP contribution in [0, 0.1) is 0 Å². The molecule has 0 saturated carbocycles. The fourth-order valence-electron chi connectivity index (χ4n) is 0.946. The van der Waals surface area contributed by atoms with Crippen molar-refractivity contribution in [2.24, 2.45) is 0 Å². The second-order valence-electron chi connectivity index (χ2n) is 2.49. The molecule has 2 atom stereocenters. The molecule has 1 aliphatic rings. The fraction of sp³-hybridized carbons (Fsp3) is 1.00. The molecule has 0 aromatic carbocycles. The highest BCUT2D eigenvalue weighted by Gasteiger charge is 2.21. The normalized spacial score (nSPS) is 33.0. The summed E-state index contributed by atoms with van der Waals surface area (Å²) in [4.78, 5) is 0. The molecule has 1 aliphatic heterocycles.